The van der Waals surface area contributed by atoms with Crippen molar-refractivity contribution in [2.75, 3.05) is 14.2 Å². The third-order valence-corrected chi connectivity index (χ3v) is 24.5. The van der Waals surface area contributed by atoms with Crippen molar-refractivity contribution in [3.63, 3.8) is 0 Å². The highest BCUT2D eigenvalue weighted by Crippen LogP contribution is 3.00. The molecule has 4 aliphatic heterocycles. The molecule has 4 saturated heterocycles. The topological polar surface area (TPSA) is 18.5 Å². The minimum atomic E-state index is -1.95. The highest BCUT2D eigenvalue weighted by molar-refractivity contribution is 7.06. The van der Waals surface area contributed by atoms with Crippen LogP contribution in [0.4, 0.5) is 0 Å². The molecule has 2 nitrogen and oxygen atoms in total. The molecule has 0 unspecified atom stereocenters. The van der Waals surface area contributed by atoms with Gasteiger partial charge in [-0.05, 0) is 105 Å². The lowest BCUT2D eigenvalue weighted by atomic mass is 9.45. The molecule has 4 aromatic rings. The second kappa shape index (κ2) is 9.74. The van der Waals surface area contributed by atoms with E-state index in [-0.39, 0.29) is 0 Å². The molecule has 2 saturated carbocycles. The largest absolute Gasteiger partial charge is 0.497 e. The van der Waals surface area contributed by atoms with Crippen LogP contribution < -0.4 is 19.8 Å². The van der Waals surface area contributed by atoms with E-state index < -0.39 is 16.1 Å². The van der Waals surface area contributed by atoms with Gasteiger partial charge in [0.25, 0.3) is 0 Å². The summed E-state index contributed by atoms with van der Waals surface area (Å²) >= 11 is 12.5. The molecule has 10 rings (SSSR count). The molecule has 0 spiro atoms. The fourth-order valence-corrected chi connectivity index (χ4v) is 27.0. The number of hydrogen-bond donors (Lipinski definition) is 0. The predicted octanol–water partition coefficient (Wildman–Crippen LogP) is 8.54. The summed E-state index contributed by atoms with van der Waals surface area (Å²) in [4.78, 5) is 0. The van der Waals surface area contributed by atoms with Crippen molar-refractivity contribution in [2.45, 2.75) is 22.2 Å². The van der Waals surface area contributed by atoms with Crippen molar-refractivity contribution < 1.29 is 9.47 Å². The third-order valence-electron chi connectivity index (χ3n) is 12.4. The molecule has 6 aliphatic rings. The quantitative estimate of drug-likeness (QED) is 0.178. The Balaban J connectivity index is 1.15. The number of methoxy groups -OCH3 is 2. The Kier molecular flexibility index (Phi) is 6.04. The molecular formula is C38H34Cl2O2Si2. The maximum Gasteiger partial charge on any atom is 0.118 e. The minimum absolute atomic E-state index is 0.791. The van der Waals surface area contributed by atoms with Crippen LogP contribution in [-0.2, 0) is 0 Å². The molecule has 4 heterocycles. The zero-order valence-corrected chi connectivity index (χ0v) is 28.3. The molecular weight excluding hydrogens is 615 g/mol. The highest BCUT2D eigenvalue weighted by atomic mass is 35.5. The summed E-state index contributed by atoms with van der Waals surface area (Å²) in [7, 11) is -0.373. The predicted molar refractivity (Wildman–Crippen MR) is 187 cm³/mol. The zero-order chi connectivity index (χ0) is 29.8. The van der Waals surface area contributed by atoms with Crippen molar-refractivity contribution in [3.05, 3.63) is 130 Å². The zero-order valence-electron chi connectivity index (χ0n) is 24.7. The molecule has 4 aromatic carbocycles. The van der Waals surface area contributed by atoms with Gasteiger partial charge in [-0.15, -0.1) is 0 Å². The monoisotopic (exact) mass is 648 g/mol. The van der Waals surface area contributed by atoms with E-state index in [9.17, 15) is 0 Å². The van der Waals surface area contributed by atoms with Gasteiger partial charge in [0.2, 0.25) is 0 Å². The van der Waals surface area contributed by atoms with Gasteiger partial charge in [0.1, 0.15) is 27.6 Å². The average molecular weight is 650 g/mol. The Morgan fingerprint density at radius 2 is 0.795 bits per heavy atom. The summed E-state index contributed by atoms with van der Waals surface area (Å²) in [6.07, 6.45) is 4.87. The Morgan fingerprint density at radius 1 is 0.477 bits per heavy atom. The van der Waals surface area contributed by atoms with Crippen molar-refractivity contribution >= 4 is 61.9 Å². The van der Waals surface area contributed by atoms with Crippen LogP contribution in [0.15, 0.2) is 108 Å². The van der Waals surface area contributed by atoms with E-state index in [0.29, 0.717) is 0 Å². The third kappa shape index (κ3) is 3.38. The van der Waals surface area contributed by atoms with Crippen LogP contribution in [0.2, 0.25) is 32.2 Å². The van der Waals surface area contributed by atoms with E-state index in [4.69, 9.17) is 32.7 Å². The summed E-state index contributed by atoms with van der Waals surface area (Å²) < 4.78 is 11.2. The maximum absolute atomic E-state index is 6.24. The molecule has 0 N–H and O–H groups in total. The molecule has 0 atom stereocenters. The summed E-state index contributed by atoms with van der Waals surface area (Å²) in [5, 5.41) is 4.79. The van der Waals surface area contributed by atoms with Gasteiger partial charge >= 0.3 is 0 Å². The Hall–Kier alpha value is -3.03. The average Bonchev–Trinajstić information content (AvgIpc) is 3.54. The molecule has 6 fully saturated rings. The Morgan fingerprint density at radius 3 is 1.09 bits per heavy atom. The lowest BCUT2D eigenvalue weighted by Crippen LogP contribution is -2.60. The van der Waals surface area contributed by atoms with Crippen LogP contribution in [-0.4, -0.2) is 30.4 Å². The van der Waals surface area contributed by atoms with E-state index in [2.05, 4.69) is 96.3 Å². The maximum atomic E-state index is 6.24. The van der Waals surface area contributed by atoms with Gasteiger partial charge < -0.3 is 9.47 Å². The van der Waals surface area contributed by atoms with Crippen LogP contribution in [0.25, 0.3) is 12.2 Å². The number of hydrogen-bond acceptors (Lipinski definition) is 2. The van der Waals surface area contributed by atoms with Gasteiger partial charge in [0.15, 0.2) is 0 Å². The van der Waals surface area contributed by atoms with Crippen molar-refractivity contribution in [3.8, 4) is 11.5 Å². The van der Waals surface area contributed by atoms with Crippen LogP contribution in [0.5, 0.6) is 11.5 Å². The van der Waals surface area contributed by atoms with Gasteiger partial charge in [0.05, 0.1) is 14.2 Å². The van der Waals surface area contributed by atoms with Crippen molar-refractivity contribution in [1.29, 1.82) is 0 Å². The molecule has 0 radical (unpaired) electrons. The molecule has 44 heavy (non-hydrogen) atoms. The van der Waals surface area contributed by atoms with Gasteiger partial charge in [-0.2, -0.15) is 0 Å². The second-order valence-corrected chi connectivity index (χ2v) is 22.6. The van der Waals surface area contributed by atoms with Gasteiger partial charge in [0, 0.05) is 10.0 Å². The fraction of sp³-hybridized carbons (Fsp3) is 0.263. The number of rotatable bonds is 8. The van der Waals surface area contributed by atoms with E-state index in [0.717, 1.165) is 67.4 Å². The summed E-state index contributed by atoms with van der Waals surface area (Å²) in [5.41, 5.74) is 11.3. The first-order valence-corrected chi connectivity index (χ1v) is 20.9. The Labute approximate surface area is 271 Å². The van der Waals surface area contributed by atoms with Crippen molar-refractivity contribution in [1.82, 2.24) is 0 Å². The molecule has 220 valence electrons. The lowest BCUT2D eigenvalue weighted by Gasteiger charge is -2.59. The number of ether oxygens (including phenoxy) is 2. The fourth-order valence-electron chi connectivity index (χ4n) is 11.3. The number of halogens is 2. The molecule has 2 aliphatic carbocycles. The van der Waals surface area contributed by atoms with E-state index in [1.807, 2.05) is 24.3 Å². The second-order valence-electron chi connectivity index (χ2n) is 13.5. The van der Waals surface area contributed by atoms with Crippen LogP contribution in [0, 0.1) is 23.7 Å². The van der Waals surface area contributed by atoms with Crippen LogP contribution in [0.3, 0.4) is 0 Å². The number of benzene rings is 4. The van der Waals surface area contributed by atoms with Crippen molar-refractivity contribution in [2.24, 2.45) is 23.7 Å². The van der Waals surface area contributed by atoms with E-state index in [1.165, 1.54) is 11.1 Å². The SMILES string of the molecule is COc1ccc([Si]2(/C=C/c3ccc(Cl)cc3)C3C4C5C2C2C3C4[Si](/C=C/c3ccc(Cl)cc3)(c3ccc(OC)cc3)C52)cc1. The Bertz CT molecular complexity index is 1620. The van der Waals surface area contributed by atoms with Gasteiger partial charge in [-0.1, -0.05) is 106 Å². The normalized spacial score (nSPS) is 36.6. The summed E-state index contributed by atoms with van der Waals surface area (Å²) in [6, 6.07) is 35.1. The standard InChI is InChI=1S/C38H34Cl2O2Si2/c1-41-27-11-15-29(16-12-27)43(21-19-23-3-7-25(39)8-4-23)35-31-32-36(43)34-33(35)37(31)44(38(32)34,30-17-13-28(42-2)14-18-30)22-20-24-5-9-26(40)10-6-24/h3-22,31-38H,1-2H3/b21-19+,22-20+. The van der Waals surface area contributed by atoms with Gasteiger partial charge in [-0.3, -0.25) is 0 Å². The summed E-state index contributed by atoms with van der Waals surface area (Å²) in [6.45, 7) is 0. The van der Waals surface area contributed by atoms with Gasteiger partial charge in [-0.25, -0.2) is 0 Å². The molecule has 6 heteroatoms. The lowest BCUT2D eigenvalue weighted by molar-refractivity contribution is -0.0323. The molecule has 0 amide bonds. The smallest absolute Gasteiger partial charge is 0.118 e. The first-order chi connectivity index (χ1) is 21.5. The molecule has 4 bridgehead atoms. The van der Waals surface area contributed by atoms with E-state index >= 15 is 0 Å². The summed E-state index contributed by atoms with van der Waals surface area (Å²) in [5.74, 6) is 5.25. The minimum Gasteiger partial charge on any atom is -0.497 e. The highest BCUT2D eigenvalue weighted by Gasteiger charge is 2.96. The van der Waals surface area contributed by atoms with Crippen LogP contribution >= 0.6 is 23.2 Å². The molecule has 0 aromatic heterocycles. The van der Waals surface area contributed by atoms with Crippen LogP contribution in [0.1, 0.15) is 11.1 Å². The first kappa shape index (κ1) is 27.3. The van der Waals surface area contributed by atoms with E-state index in [1.54, 1.807) is 24.6 Å². The first-order valence-electron chi connectivity index (χ1n) is 15.7.